The number of amides is 3. The molecule has 0 aliphatic carbocycles. The van der Waals surface area contributed by atoms with Gasteiger partial charge < -0.3 is 4.90 Å². The van der Waals surface area contributed by atoms with Crippen LogP contribution in [0.5, 0.6) is 0 Å². The number of halogens is 2. The Hall–Kier alpha value is -1.96. The van der Waals surface area contributed by atoms with Crippen LogP contribution in [0.25, 0.3) is 0 Å². The molecular formula is C12H10F2N2O3S. The summed E-state index contributed by atoms with van der Waals surface area (Å²) in [5.41, 5.74) is 0. The van der Waals surface area contributed by atoms with Crippen molar-refractivity contribution in [2.24, 2.45) is 0 Å². The molecule has 3 amide bonds. The van der Waals surface area contributed by atoms with Gasteiger partial charge in [0.2, 0.25) is 17.7 Å². The Morgan fingerprint density at radius 2 is 1.90 bits per heavy atom. The Balaban J connectivity index is 1.95. The van der Waals surface area contributed by atoms with Crippen molar-refractivity contribution in [3.63, 3.8) is 0 Å². The molecule has 1 heterocycles. The molecule has 106 valence electrons. The molecule has 1 fully saturated rings. The maximum atomic E-state index is 13.4. The van der Waals surface area contributed by atoms with Crippen molar-refractivity contribution >= 4 is 29.5 Å². The minimum Gasteiger partial charge on any atom is -0.323 e. The van der Waals surface area contributed by atoms with Crippen LogP contribution in [0, 0.1) is 11.6 Å². The lowest BCUT2D eigenvalue weighted by atomic mass is 10.3. The number of thioether (sulfide) groups is 1. The van der Waals surface area contributed by atoms with Gasteiger partial charge in [0, 0.05) is 11.0 Å². The molecule has 20 heavy (non-hydrogen) atoms. The lowest BCUT2D eigenvalue weighted by molar-refractivity contribution is -0.144. The van der Waals surface area contributed by atoms with Gasteiger partial charge in [0.05, 0.1) is 5.75 Å². The van der Waals surface area contributed by atoms with Gasteiger partial charge in [0.15, 0.2) is 0 Å². The number of nitrogens with zero attached hydrogens (tertiary/aromatic N) is 1. The first-order chi connectivity index (χ1) is 9.45. The van der Waals surface area contributed by atoms with E-state index in [0.717, 1.165) is 28.8 Å². The van der Waals surface area contributed by atoms with E-state index in [0.29, 0.717) is 0 Å². The SMILES string of the molecule is O=C1CN(C(=O)CSc2ccc(F)cc2F)CC(=O)N1. The summed E-state index contributed by atoms with van der Waals surface area (Å²) >= 11 is 0.884. The second kappa shape index (κ2) is 6.00. The second-order valence-corrected chi connectivity index (χ2v) is 5.10. The van der Waals surface area contributed by atoms with E-state index in [9.17, 15) is 23.2 Å². The summed E-state index contributed by atoms with van der Waals surface area (Å²) in [6.45, 7) is -0.395. The molecule has 1 saturated heterocycles. The minimum atomic E-state index is -0.754. The largest absolute Gasteiger partial charge is 0.323 e. The van der Waals surface area contributed by atoms with Gasteiger partial charge >= 0.3 is 0 Å². The molecule has 1 aliphatic rings. The molecule has 0 bridgehead atoms. The van der Waals surface area contributed by atoms with Crippen LogP contribution < -0.4 is 5.32 Å². The van der Waals surface area contributed by atoms with E-state index >= 15 is 0 Å². The van der Waals surface area contributed by atoms with Crippen LogP contribution in [0.2, 0.25) is 0 Å². The summed E-state index contributed by atoms with van der Waals surface area (Å²) in [6.07, 6.45) is 0. The van der Waals surface area contributed by atoms with E-state index in [1.165, 1.54) is 6.07 Å². The van der Waals surface area contributed by atoms with Crippen LogP contribution in [0.4, 0.5) is 8.78 Å². The third-order valence-corrected chi connectivity index (χ3v) is 3.58. The van der Waals surface area contributed by atoms with Gasteiger partial charge in [-0.05, 0) is 12.1 Å². The number of hydrogen-bond donors (Lipinski definition) is 1. The molecule has 1 aromatic carbocycles. The fourth-order valence-corrected chi connectivity index (χ4v) is 2.46. The molecule has 0 saturated carbocycles. The fraction of sp³-hybridized carbons (Fsp3) is 0.250. The zero-order chi connectivity index (χ0) is 14.7. The van der Waals surface area contributed by atoms with E-state index < -0.39 is 29.4 Å². The highest BCUT2D eigenvalue weighted by atomic mass is 32.2. The summed E-state index contributed by atoms with van der Waals surface area (Å²) in [5.74, 6) is -3.14. The van der Waals surface area contributed by atoms with Crippen molar-refractivity contribution < 1.29 is 23.2 Å². The van der Waals surface area contributed by atoms with Gasteiger partial charge in [0.1, 0.15) is 24.7 Å². The average molecular weight is 300 g/mol. The minimum absolute atomic E-state index is 0.132. The van der Waals surface area contributed by atoms with Gasteiger partial charge in [-0.2, -0.15) is 0 Å². The van der Waals surface area contributed by atoms with Crippen LogP contribution in [0.3, 0.4) is 0 Å². The zero-order valence-corrected chi connectivity index (χ0v) is 11.0. The molecule has 1 aliphatic heterocycles. The molecule has 5 nitrogen and oxygen atoms in total. The quantitative estimate of drug-likeness (QED) is 0.654. The third-order valence-electron chi connectivity index (χ3n) is 2.55. The zero-order valence-electron chi connectivity index (χ0n) is 10.2. The number of rotatable bonds is 3. The highest BCUT2D eigenvalue weighted by Crippen LogP contribution is 2.22. The molecule has 0 radical (unpaired) electrons. The maximum Gasteiger partial charge on any atom is 0.246 e. The summed E-state index contributed by atoms with van der Waals surface area (Å²) in [4.78, 5) is 35.3. The number of nitrogens with one attached hydrogen (secondary N) is 1. The molecule has 1 N–H and O–H groups in total. The van der Waals surface area contributed by atoms with Crippen molar-refractivity contribution in [3.05, 3.63) is 29.8 Å². The Kier molecular flexibility index (Phi) is 4.33. The van der Waals surface area contributed by atoms with Crippen molar-refractivity contribution in [1.29, 1.82) is 0 Å². The Labute approximate surface area is 117 Å². The normalized spacial score (nSPS) is 15.2. The standard InChI is InChI=1S/C12H10F2N2O3S/c13-7-1-2-9(8(14)3-7)20-6-12(19)16-4-10(17)15-11(18)5-16/h1-3H,4-6H2,(H,15,17,18). The Morgan fingerprint density at radius 3 is 2.50 bits per heavy atom. The van der Waals surface area contributed by atoms with Gasteiger partial charge in [-0.3, -0.25) is 19.7 Å². The summed E-state index contributed by atoms with van der Waals surface area (Å²) < 4.78 is 26.1. The average Bonchev–Trinajstić information content (AvgIpc) is 2.36. The third kappa shape index (κ3) is 3.53. The van der Waals surface area contributed by atoms with Crippen molar-refractivity contribution in [3.8, 4) is 0 Å². The van der Waals surface area contributed by atoms with Gasteiger partial charge in [-0.15, -0.1) is 11.8 Å². The summed E-state index contributed by atoms with van der Waals surface area (Å²) in [5, 5.41) is 2.07. The second-order valence-electron chi connectivity index (χ2n) is 4.08. The lowest BCUT2D eigenvalue weighted by Gasteiger charge is -2.25. The topological polar surface area (TPSA) is 66.5 Å². The highest BCUT2D eigenvalue weighted by molar-refractivity contribution is 8.00. The first-order valence-electron chi connectivity index (χ1n) is 5.64. The molecule has 2 rings (SSSR count). The predicted molar refractivity (Wildman–Crippen MR) is 66.8 cm³/mol. The van der Waals surface area contributed by atoms with E-state index in [2.05, 4.69) is 5.32 Å². The first-order valence-corrected chi connectivity index (χ1v) is 6.62. The number of carbonyl (C=O) groups is 3. The van der Waals surface area contributed by atoms with Gasteiger partial charge in [0.25, 0.3) is 0 Å². The van der Waals surface area contributed by atoms with Crippen LogP contribution in [0.1, 0.15) is 0 Å². The summed E-state index contributed by atoms with van der Waals surface area (Å²) in [6, 6.07) is 3.05. The van der Waals surface area contributed by atoms with E-state index in [4.69, 9.17) is 0 Å². The highest BCUT2D eigenvalue weighted by Gasteiger charge is 2.26. The van der Waals surface area contributed by atoms with Crippen LogP contribution >= 0.6 is 11.8 Å². The van der Waals surface area contributed by atoms with Crippen molar-refractivity contribution in [1.82, 2.24) is 10.2 Å². The number of piperazine rings is 1. The molecule has 0 atom stereocenters. The molecule has 0 unspecified atom stereocenters. The molecule has 1 aromatic rings. The predicted octanol–water partition coefficient (Wildman–Crippen LogP) is 0.542. The lowest BCUT2D eigenvalue weighted by Crippen LogP contribution is -2.53. The number of imide groups is 1. The first kappa shape index (κ1) is 14.4. The number of benzene rings is 1. The maximum absolute atomic E-state index is 13.4. The monoisotopic (exact) mass is 300 g/mol. The molecule has 0 aromatic heterocycles. The van der Waals surface area contributed by atoms with Crippen LogP contribution in [-0.2, 0) is 14.4 Å². The molecule has 0 spiro atoms. The fourth-order valence-electron chi connectivity index (χ4n) is 1.64. The van der Waals surface area contributed by atoms with Gasteiger partial charge in [-0.1, -0.05) is 0 Å². The van der Waals surface area contributed by atoms with Crippen LogP contribution in [0.15, 0.2) is 23.1 Å². The Bertz CT molecular complexity index is 564. The molecular weight excluding hydrogens is 290 g/mol. The van der Waals surface area contributed by atoms with Crippen molar-refractivity contribution in [2.75, 3.05) is 18.8 Å². The Morgan fingerprint density at radius 1 is 1.25 bits per heavy atom. The van der Waals surface area contributed by atoms with Gasteiger partial charge in [-0.25, -0.2) is 8.78 Å². The van der Waals surface area contributed by atoms with Crippen molar-refractivity contribution in [2.45, 2.75) is 4.90 Å². The van der Waals surface area contributed by atoms with E-state index in [1.54, 1.807) is 0 Å². The van der Waals surface area contributed by atoms with E-state index in [-0.39, 0.29) is 23.7 Å². The van der Waals surface area contributed by atoms with Crippen LogP contribution in [-0.4, -0.2) is 41.5 Å². The van der Waals surface area contributed by atoms with E-state index in [1.807, 2.05) is 0 Å². The number of carbonyl (C=O) groups excluding carboxylic acids is 3. The number of hydrogen-bond acceptors (Lipinski definition) is 4. The summed E-state index contributed by atoms with van der Waals surface area (Å²) in [7, 11) is 0. The smallest absolute Gasteiger partial charge is 0.246 e. The molecule has 8 heteroatoms.